The van der Waals surface area contributed by atoms with E-state index >= 15 is 0 Å². The van der Waals surface area contributed by atoms with Gasteiger partial charge in [0.25, 0.3) is 0 Å². The normalized spacial score (nSPS) is 12.7. The topological polar surface area (TPSA) is 95.9 Å². The van der Waals surface area contributed by atoms with Gasteiger partial charge in [0.05, 0.1) is 6.42 Å². The zero-order valence-corrected chi connectivity index (χ0v) is 23.8. The molecule has 7 nitrogen and oxygen atoms in total. The fourth-order valence-corrected chi connectivity index (χ4v) is 5.68. The lowest BCUT2D eigenvalue weighted by atomic mass is 9.94. The van der Waals surface area contributed by atoms with Gasteiger partial charge in [-0.3, -0.25) is 9.59 Å². The minimum atomic E-state index is -0.918. The van der Waals surface area contributed by atoms with Crippen molar-refractivity contribution in [1.29, 1.82) is 0 Å². The molecule has 1 unspecified atom stereocenters. The van der Waals surface area contributed by atoms with E-state index in [1.165, 1.54) is 22.3 Å². The molecule has 0 heterocycles. The number of carbonyl (C=O) groups excluding carboxylic acids is 2. The minimum absolute atomic E-state index is 0.0203. The number of rotatable bonds is 15. The average Bonchev–Trinajstić information content (AvgIpc) is 3.30. The number of alkyl carbamates (subject to hydrolysis) is 1. The molecule has 0 saturated heterocycles. The van der Waals surface area contributed by atoms with Gasteiger partial charge in [-0.25, -0.2) is 4.79 Å². The van der Waals surface area contributed by atoms with Crippen LogP contribution in [-0.4, -0.2) is 47.7 Å². The maximum atomic E-state index is 13.1. The van der Waals surface area contributed by atoms with Crippen LogP contribution in [0.25, 0.3) is 11.1 Å². The Morgan fingerprint density at radius 3 is 2.12 bits per heavy atom. The predicted molar refractivity (Wildman–Crippen MR) is 159 cm³/mol. The van der Waals surface area contributed by atoms with Crippen LogP contribution >= 0.6 is 0 Å². The summed E-state index contributed by atoms with van der Waals surface area (Å²) in [5.74, 6) is -0.664. The van der Waals surface area contributed by atoms with E-state index in [0.29, 0.717) is 25.9 Å². The molecule has 3 aromatic rings. The third-order valence-corrected chi connectivity index (χ3v) is 7.79. The number of ether oxygens (including phenoxy) is 1. The fraction of sp³-hybridized carbons (Fsp3) is 0.382. The van der Waals surface area contributed by atoms with E-state index in [1.54, 1.807) is 4.90 Å². The highest BCUT2D eigenvalue weighted by Crippen LogP contribution is 2.44. The Kier molecular flexibility index (Phi) is 10.9. The van der Waals surface area contributed by atoms with E-state index in [9.17, 15) is 14.4 Å². The Balaban J connectivity index is 1.24. The Morgan fingerprint density at radius 1 is 0.854 bits per heavy atom. The van der Waals surface area contributed by atoms with Crippen molar-refractivity contribution in [1.82, 2.24) is 10.2 Å². The molecule has 41 heavy (non-hydrogen) atoms. The molecule has 2 N–H and O–H groups in total. The fourth-order valence-electron chi connectivity index (χ4n) is 5.68. The SMILES string of the molecule is CCCC(CCNC(=O)OCC1c2ccccc2-c2ccccc21)CCC(=O)N(CCC(=O)O)Cc1ccccc1. The second-order valence-electron chi connectivity index (χ2n) is 10.7. The van der Waals surface area contributed by atoms with Gasteiger partial charge in [0.2, 0.25) is 5.91 Å². The van der Waals surface area contributed by atoms with Crippen LogP contribution in [0.15, 0.2) is 78.9 Å². The molecule has 0 radical (unpaired) electrons. The van der Waals surface area contributed by atoms with E-state index in [-0.39, 0.29) is 37.3 Å². The number of carboxylic acid groups (broad SMARTS) is 1. The van der Waals surface area contributed by atoms with Crippen molar-refractivity contribution < 1.29 is 24.2 Å². The molecule has 0 saturated carbocycles. The first kappa shape index (κ1) is 29.8. The molecule has 7 heteroatoms. The summed E-state index contributed by atoms with van der Waals surface area (Å²) in [6, 6.07) is 26.1. The lowest BCUT2D eigenvalue weighted by molar-refractivity contribution is -0.138. The van der Waals surface area contributed by atoms with Gasteiger partial charge in [-0.2, -0.15) is 0 Å². The van der Waals surface area contributed by atoms with Gasteiger partial charge in [-0.1, -0.05) is 98.6 Å². The summed E-state index contributed by atoms with van der Waals surface area (Å²) < 4.78 is 5.66. The molecule has 2 amide bonds. The molecule has 0 bridgehead atoms. The summed E-state index contributed by atoms with van der Waals surface area (Å²) in [7, 11) is 0. The molecule has 1 aliphatic rings. The standard InChI is InChI=1S/C34H40N2O5/c1-2-10-25(17-18-32(37)36(22-20-33(38)39)23-26-11-4-3-5-12-26)19-21-35-34(40)41-24-31-29-15-8-6-13-27(29)28-14-7-9-16-30(28)31/h3-9,11-16,25,31H,2,10,17-24H2,1H3,(H,35,40)(H,38,39). The molecular weight excluding hydrogens is 516 g/mol. The Bertz CT molecular complexity index is 1260. The Hall–Kier alpha value is -4.13. The second kappa shape index (κ2) is 15.0. The number of hydrogen-bond donors (Lipinski definition) is 2. The van der Waals surface area contributed by atoms with Gasteiger partial charge in [0.15, 0.2) is 0 Å². The molecule has 0 spiro atoms. The lowest BCUT2D eigenvalue weighted by Gasteiger charge is -2.24. The van der Waals surface area contributed by atoms with Crippen LogP contribution in [0, 0.1) is 5.92 Å². The van der Waals surface area contributed by atoms with E-state index in [2.05, 4.69) is 36.5 Å². The van der Waals surface area contributed by atoms with Gasteiger partial charge < -0.3 is 20.1 Å². The molecule has 4 rings (SSSR count). The molecule has 0 aliphatic heterocycles. The number of nitrogens with zero attached hydrogens (tertiary/aromatic N) is 1. The third kappa shape index (κ3) is 8.43. The minimum Gasteiger partial charge on any atom is -0.481 e. The number of carbonyl (C=O) groups is 3. The third-order valence-electron chi connectivity index (χ3n) is 7.79. The molecule has 0 aromatic heterocycles. The maximum absolute atomic E-state index is 13.1. The van der Waals surface area contributed by atoms with Crippen LogP contribution in [0.1, 0.15) is 68.1 Å². The quantitative estimate of drug-likeness (QED) is 0.219. The molecular formula is C34H40N2O5. The Labute approximate surface area is 242 Å². The summed E-state index contributed by atoms with van der Waals surface area (Å²) in [4.78, 5) is 38.4. The largest absolute Gasteiger partial charge is 0.481 e. The van der Waals surface area contributed by atoms with Crippen LogP contribution in [0.3, 0.4) is 0 Å². The van der Waals surface area contributed by atoms with E-state index < -0.39 is 12.1 Å². The van der Waals surface area contributed by atoms with Gasteiger partial charge in [-0.05, 0) is 46.6 Å². The zero-order valence-electron chi connectivity index (χ0n) is 23.8. The average molecular weight is 557 g/mol. The summed E-state index contributed by atoms with van der Waals surface area (Å²) in [6.07, 6.45) is 3.21. The number of benzene rings is 3. The number of aliphatic carboxylic acids is 1. The highest BCUT2D eigenvalue weighted by atomic mass is 16.5. The van der Waals surface area contributed by atoms with E-state index in [0.717, 1.165) is 24.8 Å². The number of nitrogens with one attached hydrogen (secondary N) is 1. The highest BCUT2D eigenvalue weighted by molar-refractivity contribution is 5.79. The summed E-state index contributed by atoms with van der Waals surface area (Å²) in [5.41, 5.74) is 5.72. The second-order valence-corrected chi connectivity index (χ2v) is 10.7. The van der Waals surface area contributed by atoms with Crippen molar-refractivity contribution >= 4 is 18.0 Å². The predicted octanol–water partition coefficient (Wildman–Crippen LogP) is 6.62. The van der Waals surface area contributed by atoms with Crippen molar-refractivity contribution in [2.24, 2.45) is 5.92 Å². The molecule has 0 fully saturated rings. The van der Waals surface area contributed by atoms with Crippen LogP contribution in [0.2, 0.25) is 0 Å². The molecule has 216 valence electrons. The zero-order chi connectivity index (χ0) is 29.0. The van der Waals surface area contributed by atoms with E-state index in [4.69, 9.17) is 9.84 Å². The van der Waals surface area contributed by atoms with Crippen molar-refractivity contribution in [3.8, 4) is 11.1 Å². The first-order chi connectivity index (χ1) is 20.0. The van der Waals surface area contributed by atoms with Crippen molar-refractivity contribution in [2.75, 3.05) is 19.7 Å². The molecule has 1 aliphatic carbocycles. The number of amides is 2. The van der Waals surface area contributed by atoms with Gasteiger partial charge in [-0.15, -0.1) is 0 Å². The lowest BCUT2D eigenvalue weighted by Crippen LogP contribution is -2.33. The van der Waals surface area contributed by atoms with Crippen molar-refractivity contribution in [2.45, 2.75) is 57.9 Å². The maximum Gasteiger partial charge on any atom is 0.407 e. The number of fused-ring (bicyclic) bond motifs is 3. The van der Waals surface area contributed by atoms with Crippen molar-refractivity contribution in [3.63, 3.8) is 0 Å². The van der Waals surface area contributed by atoms with Crippen LogP contribution in [0.4, 0.5) is 4.79 Å². The number of hydrogen-bond acceptors (Lipinski definition) is 4. The van der Waals surface area contributed by atoms with Crippen LogP contribution in [0.5, 0.6) is 0 Å². The first-order valence-electron chi connectivity index (χ1n) is 14.6. The van der Waals surface area contributed by atoms with Gasteiger partial charge >= 0.3 is 12.1 Å². The van der Waals surface area contributed by atoms with Gasteiger partial charge in [0, 0.05) is 32.0 Å². The van der Waals surface area contributed by atoms with Gasteiger partial charge in [0.1, 0.15) is 6.61 Å². The Morgan fingerprint density at radius 2 is 1.49 bits per heavy atom. The number of carboxylic acids is 1. The highest BCUT2D eigenvalue weighted by Gasteiger charge is 2.29. The van der Waals surface area contributed by atoms with Crippen molar-refractivity contribution in [3.05, 3.63) is 95.6 Å². The summed E-state index contributed by atoms with van der Waals surface area (Å²) in [5, 5.41) is 12.0. The van der Waals surface area contributed by atoms with Crippen LogP contribution in [-0.2, 0) is 20.9 Å². The summed E-state index contributed by atoms with van der Waals surface area (Å²) >= 11 is 0. The summed E-state index contributed by atoms with van der Waals surface area (Å²) in [6.45, 7) is 3.45. The van der Waals surface area contributed by atoms with Crippen LogP contribution < -0.4 is 5.32 Å². The monoisotopic (exact) mass is 556 g/mol. The van der Waals surface area contributed by atoms with E-state index in [1.807, 2.05) is 54.6 Å². The smallest absolute Gasteiger partial charge is 0.407 e. The molecule has 1 atom stereocenters. The molecule has 3 aromatic carbocycles. The first-order valence-corrected chi connectivity index (χ1v) is 14.6.